The number of nitrogens with one attached hydrogen (secondary N) is 10. The minimum absolute atomic E-state index is 0.0118. The molecule has 0 radical (unpaired) electrons. The predicted molar refractivity (Wildman–Crippen MR) is 554 cm³/mol. The fraction of sp³-hybridized carbons (Fsp3) is 0.670. The molecule has 17 N–H and O–H groups in total. The Hall–Kier alpha value is -10.8. The molecule has 7 atom stereocenters. The largest absolute Gasteiger partial charge is 0.481 e. The summed E-state index contributed by atoms with van der Waals surface area (Å²) in [6, 6.07) is 7.87. The van der Waals surface area contributed by atoms with Crippen LogP contribution in [0.15, 0.2) is 65.8 Å². The Kier molecular flexibility index (Phi) is 49.7. The first-order valence-electron chi connectivity index (χ1n) is 49.5. The van der Waals surface area contributed by atoms with Crippen LogP contribution in [0.2, 0.25) is 0 Å². The minimum Gasteiger partial charge on any atom is -0.481 e. The van der Waals surface area contributed by atoms with Crippen LogP contribution in [0, 0.1) is 29.1 Å². The third-order valence-electron chi connectivity index (χ3n) is 23.4. The number of ether oxygens (including phenoxy) is 4. The SMILES string of the molecule is C=C(CCOCCOCCOCCOCCC(=O)NC(C)C)NCC(=O)N1Cc2ccccc2-c2nnn(C(C)(C)C)c2-c2ccccc21.CC(C)(C)CSC1CC(=O)N(CC2CCC(C(=O)NC(C)(C)C)CC2)C1=O.CC(C)(C)NC(=O)C1CCC(CN2C(=O)CC(SCNC(CS)C(=O)N[C@@H](CC(=O)O)C(=O)NC(CC(=O)O)C(=O)N[C@@H](CCCN=C(N)N)C(=O)NC(CC(=O)O)C(=O)NC(C)(C)C)C2=O)CC1. The molecular weight excluding hydrogens is 1930 g/mol. The molecule has 13 amide bonds. The number of imide groups is 2. The summed E-state index contributed by atoms with van der Waals surface area (Å²) in [5, 5.41) is 63.4. The second-order valence-corrected chi connectivity index (χ2v) is 45.2. The van der Waals surface area contributed by atoms with Gasteiger partial charge in [-0.1, -0.05) is 75.0 Å². The first kappa shape index (κ1) is 123. The number of carbonyl (C=O) groups excluding carboxylic acids is 13. The van der Waals surface area contributed by atoms with Gasteiger partial charge in [-0.25, -0.2) is 4.68 Å². The van der Waals surface area contributed by atoms with E-state index in [0.717, 1.165) is 82.7 Å². The number of rotatable bonds is 51. The lowest BCUT2D eigenvalue weighted by molar-refractivity contribution is -0.143. The number of thioether (sulfide) groups is 2. The van der Waals surface area contributed by atoms with Crippen LogP contribution in [-0.2, 0) is 108 Å². The van der Waals surface area contributed by atoms with Gasteiger partial charge in [-0.3, -0.25) is 96.8 Å². The van der Waals surface area contributed by atoms with E-state index in [2.05, 4.69) is 129 Å². The Morgan fingerprint density at radius 2 is 0.966 bits per heavy atom. The lowest BCUT2D eigenvalue weighted by Crippen LogP contribution is -2.60. The molecule has 5 unspecified atom stereocenters. The molecule has 8 rings (SSSR count). The van der Waals surface area contributed by atoms with E-state index in [1.54, 1.807) is 32.5 Å². The maximum atomic E-state index is 13.8. The number of hydrogen-bond donors (Lipinski definition) is 16. The normalized spacial score (nSPS) is 18.5. The van der Waals surface area contributed by atoms with Crippen LogP contribution in [-0.4, -0.2) is 301 Å². The Morgan fingerprint density at radius 1 is 0.538 bits per heavy atom. The molecule has 0 bridgehead atoms. The Balaban J connectivity index is 0.000000364. The number of nitrogens with zero attached hydrogens (tertiary/aromatic N) is 7. The van der Waals surface area contributed by atoms with Gasteiger partial charge in [0.1, 0.15) is 29.9 Å². The van der Waals surface area contributed by atoms with Gasteiger partial charge in [0, 0.05) is 108 Å². The Labute approximate surface area is 864 Å². The van der Waals surface area contributed by atoms with E-state index in [9.17, 15) is 92.0 Å². The topological polar surface area (TPSA) is 596 Å². The molecular formula is C100H157N19O23S3. The minimum atomic E-state index is -1.98. The van der Waals surface area contributed by atoms with Crippen molar-refractivity contribution in [2.45, 2.75) is 302 Å². The molecule has 808 valence electrons. The molecule has 2 saturated carbocycles. The Morgan fingerprint density at radius 3 is 1.41 bits per heavy atom. The van der Waals surface area contributed by atoms with Gasteiger partial charge in [0.05, 0.1) is 119 Å². The maximum absolute atomic E-state index is 13.8. The number of likely N-dealkylation sites (tertiary alicyclic amines) is 2. The number of carboxylic acids is 3. The average Bonchev–Trinajstić information content (AvgIpc) is 1.61. The number of nitrogens with two attached hydrogens (primary N) is 2. The van der Waals surface area contributed by atoms with E-state index in [0.29, 0.717) is 117 Å². The zero-order valence-corrected chi connectivity index (χ0v) is 89.7. The summed E-state index contributed by atoms with van der Waals surface area (Å²) < 4.78 is 24.1. The first-order valence-corrected chi connectivity index (χ1v) is 52.2. The highest BCUT2D eigenvalue weighted by molar-refractivity contribution is 8.00. The van der Waals surface area contributed by atoms with E-state index >= 15 is 0 Å². The number of guanidine groups is 1. The van der Waals surface area contributed by atoms with Crippen molar-refractivity contribution < 1.29 is 111 Å². The van der Waals surface area contributed by atoms with Crippen molar-refractivity contribution in [1.29, 1.82) is 0 Å². The number of thiol groups is 1. The number of para-hydroxylation sites is 1. The van der Waals surface area contributed by atoms with Gasteiger partial charge in [-0.15, -0.1) is 28.6 Å². The monoisotopic (exact) mass is 2090 g/mol. The zero-order valence-electron chi connectivity index (χ0n) is 87.1. The zero-order chi connectivity index (χ0) is 108. The van der Waals surface area contributed by atoms with Crippen LogP contribution in [0.25, 0.3) is 22.5 Å². The first-order chi connectivity index (χ1) is 67.9. The van der Waals surface area contributed by atoms with Crippen LogP contribution in [0.4, 0.5) is 5.69 Å². The van der Waals surface area contributed by atoms with Crippen molar-refractivity contribution in [3.05, 3.63) is 66.4 Å². The summed E-state index contributed by atoms with van der Waals surface area (Å²) >= 11 is 6.86. The summed E-state index contributed by atoms with van der Waals surface area (Å²) in [5.74, 6) is -10.2. The molecule has 4 heterocycles. The van der Waals surface area contributed by atoms with E-state index in [1.807, 2.05) is 114 Å². The predicted octanol–water partition coefficient (Wildman–Crippen LogP) is 6.05. The van der Waals surface area contributed by atoms with Gasteiger partial charge in [0.15, 0.2) is 5.96 Å². The van der Waals surface area contributed by atoms with Crippen molar-refractivity contribution in [2.24, 2.45) is 45.5 Å². The number of aliphatic imine (C=N–C) groups is 1. The fourth-order valence-electron chi connectivity index (χ4n) is 16.3. The number of fused-ring (bicyclic) bond motifs is 5. The number of anilines is 1. The van der Waals surface area contributed by atoms with Crippen LogP contribution >= 0.6 is 36.2 Å². The molecule has 45 heteroatoms. The number of carboxylic acid groups (broad SMARTS) is 3. The maximum Gasteiger partial charge on any atom is 0.305 e. The number of aliphatic carboxylic acids is 3. The van der Waals surface area contributed by atoms with Crippen LogP contribution in [0.3, 0.4) is 0 Å². The number of amides is 13. The van der Waals surface area contributed by atoms with Gasteiger partial charge in [0.2, 0.25) is 76.8 Å². The molecule has 4 fully saturated rings. The molecule has 42 nitrogen and oxygen atoms in total. The second-order valence-electron chi connectivity index (χ2n) is 42.5. The highest BCUT2D eigenvalue weighted by Crippen LogP contribution is 2.44. The molecule has 3 aliphatic heterocycles. The van der Waals surface area contributed by atoms with Crippen LogP contribution in [0.1, 0.15) is 232 Å². The molecule has 2 aromatic carbocycles. The van der Waals surface area contributed by atoms with Gasteiger partial charge in [-0.05, 0) is 196 Å². The van der Waals surface area contributed by atoms with E-state index in [1.165, 1.54) is 9.80 Å². The summed E-state index contributed by atoms with van der Waals surface area (Å²) in [5.41, 5.74) is 15.3. The fourth-order valence-corrected chi connectivity index (χ4v) is 18.8. The number of benzene rings is 2. The van der Waals surface area contributed by atoms with Crippen molar-refractivity contribution >= 4 is 143 Å². The Bertz CT molecular complexity index is 4930. The third kappa shape index (κ3) is 44.0. The summed E-state index contributed by atoms with van der Waals surface area (Å²) in [7, 11) is 0. The molecule has 2 saturated heterocycles. The van der Waals surface area contributed by atoms with Crippen LogP contribution < -0.4 is 69.5 Å². The summed E-state index contributed by atoms with van der Waals surface area (Å²) in [6.45, 7) is 41.9. The van der Waals surface area contributed by atoms with Gasteiger partial charge >= 0.3 is 17.9 Å². The van der Waals surface area contributed by atoms with E-state index in [4.69, 9.17) is 30.4 Å². The van der Waals surface area contributed by atoms with E-state index in [-0.39, 0.29) is 149 Å². The molecule has 0 spiro atoms. The summed E-state index contributed by atoms with van der Waals surface area (Å²) in [6.07, 6.45) is 4.04. The number of hydrogen-bond acceptors (Lipinski definition) is 28. The standard InChI is InChI=1S/C42H69N11O14S2.C37H52N6O6.C21H36N2O3S/c1-41(2,3)51-33(61)22-11-9-21(10-12-22)18-53-29(54)17-28(39(53)67)69-20-46-27(19-68)37(65)49-25(15-31(57)58)36(64)48-24(14-30(55)56)35(63)47-23(8-7-13-45-40(43)44)34(62)50-26(16-32(59)60)38(66)52-42(4,5)6;1-27(2)39-33(44)16-18-47-20-22-49-24-23-48-21-19-46-17-15-28(3)38-25-34(45)42-26-29-11-7-8-12-30(29)35-36(31-13-9-10-14-32(31)42)43(41-40-35)37(4,5)6;1-20(2,3)13-27-16-11-17(24)23(19(16)26)12-14-7-9-15(10-8-14)18(25)22-21(4,5)6/h21-28,46,68H,7-20H2,1-6H3,(H,47,63)(H,48,64)(H,49,65)(H,50,62)(H,51,61)(H,52,66)(H,55,56)(H,57,58)(H,59,60)(H4,43,44,45);7-14,27,38H,3,15-26H2,1-2,4-6H3,(H,39,44);14-16H,7-13H2,1-6H3,(H,22,25)/t21?,22?,23-,24?,25-,26?,27?,28?;;/m0../s1. The molecule has 3 aromatic rings. The highest BCUT2D eigenvalue weighted by atomic mass is 32.2. The molecule has 1 aromatic heterocycles. The lowest BCUT2D eigenvalue weighted by atomic mass is 9.81. The highest BCUT2D eigenvalue weighted by Gasteiger charge is 2.45. The van der Waals surface area contributed by atoms with E-state index < -0.39 is 114 Å². The number of carbonyl (C=O) groups is 16. The molecule has 5 aliphatic rings. The lowest BCUT2D eigenvalue weighted by Gasteiger charge is -2.32. The summed E-state index contributed by atoms with van der Waals surface area (Å²) in [4.78, 5) is 212. The van der Waals surface area contributed by atoms with Crippen molar-refractivity contribution in [3.8, 4) is 22.5 Å². The van der Waals surface area contributed by atoms with Crippen LogP contribution in [0.5, 0.6) is 0 Å². The molecule has 145 heavy (non-hydrogen) atoms. The van der Waals surface area contributed by atoms with Gasteiger partial charge < -0.3 is 98.5 Å². The van der Waals surface area contributed by atoms with Crippen molar-refractivity contribution in [1.82, 2.24) is 78.0 Å². The van der Waals surface area contributed by atoms with Gasteiger partial charge in [-0.2, -0.15) is 12.6 Å². The third-order valence-corrected chi connectivity index (χ3v) is 26.7. The smallest absolute Gasteiger partial charge is 0.305 e. The quantitative estimate of drug-likeness (QED) is 0.00764. The molecule has 2 aliphatic carbocycles. The van der Waals surface area contributed by atoms with Gasteiger partial charge in [0.25, 0.3) is 0 Å². The van der Waals surface area contributed by atoms with Crippen molar-refractivity contribution in [3.63, 3.8) is 0 Å². The van der Waals surface area contributed by atoms with Crippen molar-refractivity contribution in [2.75, 3.05) is 101 Å². The average molecular weight is 2090 g/mol. The second kappa shape index (κ2) is 58.6. The number of aromatic nitrogens is 3.